The molecule has 8 heteroatoms. The molecule has 2 heterocycles. The Hall–Kier alpha value is -0.920. The maximum Gasteiger partial charge on any atom is 0.220 e. The first-order chi connectivity index (χ1) is 7.16. The molecular weight excluding hydrogens is 256 g/mol. The molecule has 0 saturated heterocycles. The Morgan fingerprint density at radius 1 is 1.60 bits per heavy atom. The van der Waals surface area contributed by atoms with Gasteiger partial charge in [-0.15, -0.1) is 10.2 Å². The van der Waals surface area contributed by atoms with E-state index in [0.29, 0.717) is 5.03 Å². The fraction of sp³-hybridized carbons (Fsp3) is 0.143. The number of aryl methyl sites for hydroxylation is 1. The third kappa shape index (κ3) is 2.36. The van der Waals surface area contributed by atoms with Crippen LogP contribution in [0, 0.1) is 0 Å². The largest absolute Gasteiger partial charge is 0.286 e. The smallest absolute Gasteiger partial charge is 0.220 e. The molecule has 5 nitrogen and oxygen atoms in total. The van der Waals surface area contributed by atoms with E-state index < -0.39 is 0 Å². The Balaban J connectivity index is 2.37. The van der Waals surface area contributed by atoms with Gasteiger partial charge >= 0.3 is 0 Å². The van der Waals surface area contributed by atoms with Gasteiger partial charge in [-0.1, -0.05) is 22.9 Å². The van der Waals surface area contributed by atoms with Crippen molar-refractivity contribution in [3.63, 3.8) is 0 Å². The zero-order chi connectivity index (χ0) is 10.8. The molecule has 0 atom stereocenters. The summed E-state index contributed by atoms with van der Waals surface area (Å²) in [6, 6.07) is 1.43. The van der Waals surface area contributed by atoms with Crippen LogP contribution in [0.3, 0.4) is 0 Å². The maximum atomic E-state index is 11.3. The van der Waals surface area contributed by atoms with Crippen molar-refractivity contribution < 1.29 is 0 Å². The van der Waals surface area contributed by atoms with Gasteiger partial charge in [-0.05, 0) is 11.8 Å². The molecule has 0 saturated carbocycles. The molecule has 0 unspecified atom stereocenters. The highest BCUT2D eigenvalue weighted by Crippen LogP contribution is 2.26. The summed E-state index contributed by atoms with van der Waals surface area (Å²) < 4.78 is 2.30. The lowest BCUT2D eigenvalue weighted by molar-refractivity contribution is 0.658. The number of aromatic nitrogens is 4. The van der Waals surface area contributed by atoms with E-state index in [9.17, 15) is 4.79 Å². The van der Waals surface area contributed by atoms with Gasteiger partial charge in [-0.2, -0.15) is 5.10 Å². The van der Waals surface area contributed by atoms with Gasteiger partial charge in [0.25, 0.3) is 0 Å². The van der Waals surface area contributed by atoms with Crippen LogP contribution >= 0.6 is 34.7 Å². The van der Waals surface area contributed by atoms with E-state index in [4.69, 9.17) is 11.6 Å². The summed E-state index contributed by atoms with van der Waals surface area (Å²) in [5.41, 5.74) is 1.34. The summed E-state index contributed by atoms with van der Waals surface area (Å²) in [6.45, 7) is 0. The Morgan fingerprint density at radius 3 is 3.07 bits per heavy atom. The number of hydrogen-bond acceptors (Lipinski definition) is 6. The molecule has 2 aromatic rings. The van der Waals surface area contributed by atoms with Crippen LogP contribution in [0.1, 0.15) is 0 Å². The molecule has 2 aromatic heterocycles. The summed E-state index contributed by atoms with van der Waals surface area (Å²) in [7, 11) is 1.72. The summed E-state index contributed by atoms with van der Waals surface area (Å²) >= 11 is 8.32. The van der Waals surface area contributed by atoms with Gasteiger partial charge in [-0.25, -0.2) is 0 Å². The first kappa shape index (κ1) is 10.6. The second-order valence-corrected chi connectivity index (χ2v) is 5.03. The quantitative estimate of drug-likeness (QED) is 0.818. The molecule has 0 bridgehead atoms. The van der Waals surface area contributed by atoms with Crippen LogP contribution < -0.4 is 5.43 Å². The van der Waals surface area contributed by atoms with Crippen LogP contribution in [0.25, 0.3) is 0 Å². The number of hydrogen-bond donors (Lipinski definition) is 0. The van der Waals surface area contributed by atoms with Crippen molar-refractivity contribution in [2.45, 2.75) is 9.37 Å². The van der Waals surface area contributed by atoms with Gasteiger partial charge in [0.05, 0.1) is 0 Å². The first-order valence-corrected chi connectivity index (χ1v) is 5.92. The van der Waals surface area contributed by atoms with Gasteiger partial charge in [0.1, 0.15) is 10.5 Å². The molecule has 0 aliphatic rings. The Kier molecular flexibility index (Phi) is 3.03. The van der Waals surface area contributed by atoms with Crippen molar-refractivity contribution in [1.29, 1.82) is 0 Å². The summed E-state index contributed by atoms with van der Waals surface area (Å²) in [5.74, 6) is 0. The van der Waals surface area contributed by atoms with Gasteiger partial charge in [-0.3, -0.25) is 9.48 Å². The number of nitrogens with zero attached hydrogens (tertiary/aromatic N) is 4. The highest BCUT2D eigenvalue weighted by molar-refractivity contribution is 8.00. The second-order valence-electron chi connectivity index (χ2n) is 2.57. The highest BCUT2D eigenvalue weighted by atomic mass is 35.5. The molecule has 0 amide bonds. The van der Waals surface area contributed by atoms with Gasteiger partial charge in [0, 0.05) is 13.1 Å². The van der Waals surface area contributed by atoms with Crippen LogP contribution in [-0.4, -0.2) is 20.0 Å². The van der Waals surface area contributed by atoms with E-state index in [-0.39, 0.29) is 10.6 Å². The SMILES string of the molecule is Cn1nc(Cl)c(=O)cc1Sc1nncs1. The minimum atomic E-state index is -0.290. The molecule has 0 radical (unpaired) electrons. The molecule has 0 N–H and O–H groups in total. The molecule has 15 heavy (non-hydrogen) atoms. The topological polar surface area (TPSA) is 60.7 Å². The fourth-order valence-electron chi connectivity index (χ4n) is 0.888. The molecule has 78 valence electrons. The van der Waals surface area contributed by atoms with E-state index in [1.54, 1.807) is 12.6 Å². The highest BCUT2D eigenvalue weighted by Gasteiger charge is 2.07. The second kappa shape index (κ2) is 4.30. The minimum absolute atomic E-state index is 0.0286. The summed E-state index contributed by atoms with van der Waals surface area (Å²) in [4.78, 5) is 11.3. The van der Waals surface area contributed by atoms with Gasteiger partial charge in [0.15, 0.2) is 9.49 Å². The fourth-order valence-corrected chi connectivity index (χ4v) is 2.52. The van der Waals surface area contributed by atoms with Crippen molar-refractivity contribution >= 4 is 34.7 Å². The van der Waals surface area contributed by atoms with Gasteiger partial charge in [0.2, 0.25) is 5.43 Å². The molecule has 0 aliphatic heterocycles. The van der Waals surface area contributed by atoms with Crippen molar-refractivity contribution in [2.75, 3.05) is 0 Å². The predicted molar refractivity (Wildman–Crippen MR) is 58.5 cm³/mol. The number of rotatable bonds is 2. The third-order valence-corrected chi connectivity index (χ3v) is 3.68. The maximum absolute atomic E-state index is 11.3. The molecule has 2 rings (SSSR count). The minimum Gasteiger partial charge on any atom is -0.286 e. The van der Waals surface area contributed by atoms with Crippen LogP contribution in [0.5, 0.6) is 0 Å². The Bertz CT molecular complexity index is 524. The van der Waals surface area contributed by atoms with E-state index in [2.05, 4.69) is 15.3 Å². The van der Waals surface area contributed by atoms with E-state index in [0.717, 1.165) is 4.34 Å². The Labute approximate surface area is 98.1 Å². The van der Waals surface area contributed by atoms with E-state index in [1.165, 1.54) is 33.8 Å². The van der Waals surface area contributed by atoms with Crippen molar-refractivity contribution in [3.05, 3.63) is 27.0 Å². The van der Waals surface area contributed by atoms with Crippen LogP contribution in [0.4, 0.5) is 0 Å². The molecule has 0 aromatic carbocycles. The van der Waals surface area contributed by atoms with Crippen LogP contribution in [-0.2, 0) is 7.05 Å². The summed E-state index contributed by atoms with van der Waals surface area (Å²) in [5, 5.41) is 12.1. The average Bonchev–Trinajstić information content (AvgIpc) is 2.67. The molecule has 0 fully saturated rings. The Morgan fingerprint density at radius 2 is 2.40 bits per heavy atom. The van der Waals surface area contributed by atoms with E-state index in [1.807, 2.05) is 0 Å². The predicted octanol–water partition coefficient (Wildman–Crippen LogP) is 1.44. The zero-order valence-corrected chi connectivity index (χ0v) is 9.94. The lowest BCUT2D eigenvalue weighted by Crippen LogP contribution is -2.11. The normalized spacial score (nSPS) is 10.5. The lowest BCUT2D eigenvalue weighted by atomic mass is 10.6. The van der Waals surface area contributed by atoms with Crippen molar-refractivity contribution in [3.8, 4) is 0 Å². The van der Waals surface area contributed by atoms with Crippen LogP contribution in [0.15, 0.2) is 25.7 Å². The number of halogens is 1. The standard InChI is InChI=1S/C7H5ClN4OS2/c1-12-5(2-4(13)6(8)11-12)15-7-10-9-3-14-7/h2-3H,1H3. The van der Waals surface area contributed by atoms with Crippen molar-refractivity contribution in [2.24, 2.45) is 7.05 Å². The van der Waals surface area contributed by atoms with Crippen LogP contribution in [0.2, 0.25) is 5.15 Å². The first-order valence-electron chi connectivity index (χ1n) is 3.84. The monoisotopic (exact) mass is 260 g/mol. The van der Waals surface area contributed by atoms with Gasteiger partial charge < -0.3 is 0 Å². The van der Waals surface area contributed by atoms with Crippen molar-refractivity contribution in [1.82, 2.24) is 20.0 Å². The molecule has 0 aliphatic carbocycles. The molecular formula is C7H5ClN4OS2. The lowest BCUT2D eigenvalue weighted by Gasteiger charge is -2.03. The molecule has 0 spiro atoms. The zero-order valence-electron chi connectivity index (χ0n) is 7.55. The van der Waals surface area contributed by atoms with E-state index >= 15 is 0 Å². The average molecular weight is 261 g/mol. The third-order valence-electron chi connectivity index (χ3n) is 1.55. The summed E-state index contributed by atoms with van der Waals surface area (Å²) in [6.07, 6.45) is 0.